The molecule has 0 bridgehead atoms. The number of carbonyl (C=O) groups is 2. The van der Waals surface area contributed by atoms with Gasteiger partial charge < -0.3 is 15.0 Å². The van der Waals surface area contributed by atoms with E-state index in [9.17, 15) is 9.59 Å². The summed E-state index contributed by atoms with van der Waals surface area (Å²) in [6.45, 7) is 7.56. The van der Waals surface area contributed by atoms with Crippen LogP contribution < -0.4 is 5.32 Å². The first-order valence-corrected chi connectivity index (χ1v) is 6.75. The summed E-state index contributed by atoms with van der Waals surface area (Å²) in [7, 11) is 2.13. The molecule has 1 heterocycles. The van der Waals surface area contributed by atoms with Crippen LogP contribution in [0, 0.1) is 0 Å². The molecule has 0 saturated carbocycles. The van der Waals surface area contributed by atoms with E-state index in [0.717, 1.165) is 32.7 Å². The van der Waals surface area contributed by atoms with E-state index in [4.69, 9.17) is 0 Å². The van der Waals surface area contributed by atoms with E-state index < -0.39 is 0 Å². The molecule has 0 spiro atoms. The normalized spacial score (nSPS) is 17.7. The lowest BCUT2D eigenvalue weighted by atomic mass is 10.2. The van der Waals surface area contributed by atoms with Crippen molar-refractivity contribution in [2.75, 3.05) is 46.3 Å². The Bertz CT molecular complexity index is 273. The number of likely N-dealkylation sites (N-methyl/N-ethyl adjacent to an activating group) is 1. The molecule has 0 atom stereocenters. The van der Waals surface area contributed by atoms with Crippen LogP contribution in [0.25, 0.3) is 0 Å². The highest BCUT2D eigenvalue weighted by Crippen LogP contribution is 1.98. The number of piperazine rings is 1. The van der Waals surface area contributed by atoms with Gasteiger partial charge in [0.2, 0.25) is 5.91 Å². The van der Waals surface area contributed by atoms with Gasteiger partial charge in [0.05, 0.1) is 0 Å². The number of nitrogens with one attached hydrogen (secondary N) is 1. The summed E-state index contributed by atoms with van der Waals surface area (Å²) in [6, 6.07) is 0. The first kappa shape index (κ1) is 15.1. The minimum absolute atomic E-state index is 0.0605. The maximum Gasteiger partial charge on any atom is 0.220 e. The van der Waals surface area contributed by atoms with Crippen molar-refractivity contribution in [1.82, 2.24) is 15.1 Å². The van der Waals surface area contributed by atoms with Crippen molar-refractivity contribution in [3.05, 3.63) is 0 Å². The van der Waals surface area contributed by atoms with Gasteiger partial charge in [0, 0.05) is 52.1 Å². The molecule has 0 aliphatic carbocycles. The Balaban J connectivity index is 2.00. The number of hydrogen-bond acceptors (Lipinski definition) is 4. The molecule has 0 aromatic rings. The summed E-state index contributed by atoms with van der Waals surface area (Å²) in [6.07, 6.45) is 1.63. The third kappa shape index (κ3) is 6.71. The van der Waals surface area contributed by atoms with Crippen LogP contribution >= 0.6 is 0 Å². The number of carbonyl (C=O) groups excluding carboxylic acids is 2. The molecule has 0 radical (unpaired) electrons. The van der Waals surface area contributed by atoms with Crippen LogP contribution in [-0.4, -0.2) is 67.8 Å². The highest BCUT2D eigenvalue weighted by Gasteiger charge is 2.13. The Morgan fingerprint density at radius 1 is 1.11 bits per heavy atom. The van der Waals surface area contributed by atoms with Gasteiger partial charge >= 0.3 is 0 Å². The number of Topliss-reactive ketones (excluding diaryl/α,β-unsaturated/α-hetero) is 1. The van der Waals surface area contributed by atoms with E-state index in [1.165, 1.54) is 0 Å². The van der Waals surface area contributed by atoms with Crippen molar-refractivity contribution < 1.29 is 9.59 Å². The molecule has 1 aliphatic heterocycles. The van der Waals surface area contributed by atoms with Crippen molar-refractivity contribution in [2.45, 2.75) is 26.2 Å². The topological polar surface area (TPSA) is 52.7 Å². The standard InChI is InChI=1S/C13H25N3O2/c1-12(17)4-3-5-13(18)14-6-7-16-10-8-15(2)9-11-16/h3-11H2,1-2H3,(H,14,18). The highest BCUT2D eigenvalue weighted by molar-refractivity contribution is 5.78. The minimum Gasteiger partial charge on any atom is -0.355 e. The number of nitrogens with zero attached hydrogens (tertiary/aromatic N) is 2. The highest BCUT2D eigenvalue weighted by atomic mass is 16.1. The molecule has 18 heavy (non-hydrogen) atoms. The number of rotatable bonds is 7. The third-order valence-corrected chi connectivity index (χ3v) is 3.28. The predicted octanol–water partition coefficient (Wildman–Crippen LogP) is 0.109. The third-order valence-electron chi connectivity index (χ3n) is 3.28. The zero-order valence-corrected chi connectivity index (χ0v) is 11.6. The Morgan fingerprint density at radius 2 is 1.78 bits per heavy atom. The number of hydrogen-bond donors (Lipinski definition) is 1. The van der Waals surface area contributed by atoms with Gasteiger partial charge in [-0.2, -0.15) is 0 Å². The van der Waals surface area contributed by atoms with Crippen LogP contribution in [0.4, 0.5) is 0 Å². The van der Waals surface area contributed by atoms with Gasteiger partial charge in [-0.15, -0.1) is 0 Å². The first-order chi connectivity index (χ1) is 8.58. The van der Waals surface area contributed by atoms with Crippen molar-refractivity contribution >= 4 is 11.7 Å². The van der Waals surface area contributed by atoms with Gasteiger partial charge in [-0.3, -0.25) is 9.69 Å². The predicted molar refractivity (Wildman–Crippen MR) is 71.5 cm³/mol. The maximum atomic E-state index is 11.5. The summed E-state index contributed by atoms with van der Waals surface area (Å²) in [5.41, 5.74) is 0. The maximum absolute atomic E-state index is 11.5. The summed E-state index contributed by atoms with van der Waals surface area (Å²) < 4.78 is 0. The first-order valence-electron chi connectivity index (χ1n) is 6.75. The minimum atomic E-state index is 0.0605. The summed E-state index contributed by atoms with van der Waals surface area (Å²) in [4.78, 5) is 26.9. The van der Waals surface area contributed by atoms with Crippen molar-refractivity contribution in [2.24, 2.45) is 0 Å². The molecular weight excluding hydrogens is 230 g/mol. The van der Waals surface area contributed by atoms with E-state index in [-0.39, 0.29) is 11.7 Å². The fourth-order valence-corrected chi connectivity index (χ4v) is 2.01. The molecule has 1 saturated heterocycles. The van der Waals surface area contributed by atoms with Gasteiger partial charge in [-0.1, -0.05) is 0 Å². The zero-order valence-electron chi connectivity index (χ0n) is 11.6. The average molecular weight is 255 g/mol. The van der Waals surface area contributed by atoms with Crippen LogP contribution in [0.1, 0.15) is 26.2 Å². The van der Waals surface area contributed by atoms with E-state index in [0.29, 0.717) is 25.8 Å². The van der Waals surface area contributed by atoms with Crippen molar-refractivity contribution in [3.63, 3.8) is 0 Å². The Kier molecular flexibility index (Phi) is 6.90. The molecule has 1 N–H and O–H groups in total. The Labute approximate surface area is 110 Å². The second-order valence-corrected chi connectivity index (χ2v) is 5.05. The van der Waals surface area contributed by atoms with Crippen LogP contribution in [0.3, 0.4) is 0 Å². The Morgan fingerprint density at radius 3 is 2.39 bits per heavy atom. The van der Waals surface area contributed by atoms with Gasteiger partial charge in [-0.05, 0) is 20.4 Å². The second-order valence-electron chi connectivity index (χ2n) is 5.05. The molecule has 1 rings (SSSR count). The lowest BCUT2D eigenvalue weighted by molar-refractivity contribution is -0.121. The average Bonchev–Trinajstić information content (AvgIpc) is 2.31. The van der Waals surface area contributed by atoms with Crippen LogP contribution in [-0.2, 0) is 9.59 Å². The van der Waals surface area contributed by atoms with Crippen LogP contribution in [0.5, 0.6) is 0 Å². The quantitative estimate of drug-likeness (QED) is 0.701. The van der Waals surface area contributed by atoms with E-state index in [2.05, 4.69) is 22.2 Å². The van der Waals surface area contributed by atoms with Gasteiger partial charge in [0.15, 0.2) is 0 Å². The molecule has 0 aromatic carbocycles. The molecule has 5 nitrogen and oxygen atoms in total. The van der Waals surface area contributed by atoms with Gasteiger partial charge in [0.1, 0.15) is 5.78 Å². The van der Waals surface area contributed by atoms with Gasteiger partial charge in [0.25, 0.3) is 0 Å². The lowest BCUT2D eigenvalue weighted by Gasteiger charge is -2.32. The molecule has 0 aromatic heterocycles. The lowest BCUT2D eigenvalue weighted by Crippen LogP contribution is -2.46. The van der Waals surface area contributed by atoms with Crippen LogP contribution in [0.15, 0.2) is 0 Å². The smallest absolute Gasteiger partial charge is 0.220 e. The second kappa shape index (κ2) is 8.21. The summed E-state index contributed by atoms with van der Waals surface area (Å²) in [5.74, 6) is 0.214. The molecule has 5 heteroatoms. The van der Waals surface area contributed by atoms with Crippen molar-refractivity contribution in [1.29, 1.82) is 0 Å². The Hall–Kier alpha value is -0.940. The fourth-order valence-electron chi connectivity index (χ4n) is 2.01. The molecule has 1 aliphatic rings. The van der Waals surface area contributed by atoms with E-state index in [1.54, 1.807) is 6.92 Å². The monoisotopic (exact) mass is 255 g/mol. The van der Waals surface area contributed by atoms with Gasteiger partial charge in [-0.25, -0.2) is 0 Å². The SMILES string of the molecule is CC(=O)CCCC(=O)NCCN1CCN(C)CC1. The summed E-state index contributed by atoms with van der Waals surface area (Å²) in [5, 5.41) is 2.91. The molecule has 104 valence electrons. The van der Waals surface area contributed by atoms with Crippen LogP contribution in [0.2, 0.25) is 0 Å². The fraction of sp³-hybridized carbons (Fsp3) is 0.846. The number of amides is 1. The van der Waals surface area contributed by atoms with E-state index in [1.807, 2.05) is 0 Å². The molecule has 1 amide bonds. The number of ketones is 1. The molecule has 1 fully saturated rings. The van der Waals surface area contributed by atoms with Crippen molar-refractivity contribution in [3.8, 4) is 0 Å². The molecular formula is C13H25N3O2. The zero-order chi connectivity index (χ0) is 13.4. The molecule has 0 unspecified atom stereocenters. The van der Waals surface area contributed by atoms with E-state index >= 15 is 0 Å². The largest absolute Gasteiger partial charge is 0.355 e. The summed E-state index contributed by atoms with van der Waals surface area (Å²) >= 11 is 0.